The van der Waals surface area contributed by atoms with Gasteiger partial charge in [0.1, 0.15) is 4.99 Å². The van der Waals surface area contributed by atoms with Crippen molar-refractivity contribution in [2.45, 2.75) is 6.54 Å². The number of aromatic nitrogens is 2. The van der Waals surface area contributed by atoms with Crippen LogP contribution in [0.2, 0.25) is 0 Å². The Balaban J connectivity index is 2.25. The largest absolute Gasteiger partial charge is 0.388 e. The van der Waals surface area contributed by atoms with Crippen LogP contribution in [0.4, 0.5) is 0 Å². The van der Waals surface area contributed by atoms with E-state index < -0.39 is 0 Å². The number of hydrogen-bond donors (Lipinski definition) is 1. The molecule has 2 aromatic heterocycles. The summed E-state index contributed by atoms with van der Waals surface area (Å²) in [6.07, 6.45) is 5.52. The second-order valence-corrected chi connectivity index (χ2v) is 3.68. The zero-order chi connectivity index (χ0) is 10.7. The molecule has 0 aliphatic rings. The molecule has 76 valence electrons. The standard InChI is InChI=1S/C11H11N3S/c12-11(15)10-2-1-7-14(10)8-9-3-5-13-6-4-9/h1-7H,8H2,(H2,12,15). The minimum atomic E-state index is 0.425. The van der Waals surface area contributed by atoms with E-state index in [2.05, 4.69) is 4.98 Å². The smallest absolute Gasteiger partial charge is 0.120 e. The van der Waals surface area contributed by atoms with Gasteiger partial charge in [0.2, 0.25) is 0 Å². The highest BCUT2D eigenvalue weighted by Crippen LogP contribution is 2.06. The molecule has 3 nitrogen and oxygen atoms in total. The second-order valence-electron chi connectivity index (χ2n) is 3.24. The van der Waals surface area contributed by atoms with Gasteiger partial charge in [-0.1, -0.05) is 12.2 Å². The van der Waals surface area contributed by atoms with Gasteiger partial charge in [-0.25, -0.2) is 0 Å². The van der Waals surface area contributed by atoms with Crippen molar-refractivity contribution in [3.8, 4) is 0 Å². The van der Waals surface area contributed by atoms with Crippen molar-refractivity contribution >= 4 is 17.2 Å². The third kappa shape index (κ3) is 2.22. The van der Waals surface area contributed by atoms with E-state index in [4.69, 9.17) is 18.0 Å². The van der Waals surface area contributed by atoms with Gasteiger partial charge in [0.15, 0.2) is 0 Å². The van der Waals surface area contributed by atoms with Gasteiger partial charge in [0.25, 0.3) is 0 Å². The minimum Gasteiger partial charge on any atom is -0.388 e. The molecule has 0 saturated carbocycles. The quantitative estimate of drug-likeness (QED) is 0.794. The van der Waals surface area contributed by atoms with Gasteiger partial charge in [-0.05, 0) is 29.8 Å². The molecule has 2 aromatic rings. The van der Waals surface area contributed by atoms with E-state index in [9.17, 15) is 0 Å². The average molecular weight is 217 g/mol. The van der Waals surface area contributed by atoms with Gasteiger partial charge < -0.3 is 10.3 Å². The first-order chi connectivity index (χ1) is 7.27. The van der Waals surface area contributed by atoms with Crippen LogP contribution in [0.1, 0.15) is 11.3 Å². The number of hydrogen-bond acceptors (Lipinski definition) is 2. The Morgan fingerprint density at radius 2 is 2.07 bits per heavy atom. The highest BCUT2D eigenvalue weighted by Gasteiger charge is 2.03. The summed E-state index contributed by atoms with van der Waals surface area (Å²) in [5.74, 6) is 0. The van der Waals surface area contributed by atoms with E-state index in [1.165, 1.54) is 5.56 Å². The highest BCUT2D eigenvalue weighted by atomic mass is 32.1. The lowest BCUT2D eigenvalue weighted by atomic mass is 10.2. The Morgan fingerprint density at radius 3 is 2.73 bits per heavy atom. The molecular weight excluding hydrogens is 206 g/mol. The van der Waals surface area contributed by atoms with E-state index in [1.807, 2.05) is 35.0 Å². The van der Waals surface area contributed by atoms with Crippen LogP contribution in [0.5, 0.6) is 0 Å². The van der Waals surface area contributed by atoms with Gasteiger partial charge in [0, 0.05) is 25.1 Å². The van der Waals surface area contributed by atoms with Crippen LogP contribution in [0, 0.1) is 0 Å². The number of nitrogens with two attached hydrogens (primary N) is 1. The Hall–Kier alpha value is -1.68. The Labute approximate surface area is 93.6 Å². The molecular formula is C11H11N3S. The van der Waals surface area contributed by atoms with Crippen molar-refractivity contribution in [3.63, 3.8) is 0 Å². The third-order valence-corrected chi connectivity index (χ3v) is 2.39. The Morgan fingerprint density at radius 1 is 1.33 bits per heavy atom. The van der Waals surface area contributed by atoms with Crippen LogP contribution in [0.15, 0.2) is 42.9 Å². The van der Waals surface area contributed by atoms with E-state index in [0.29, 0.717) is 4.99 Å². The van der Waals surface area contributed by atoms with Crippen molar-refractivity contribution < 1.29 is 0 Å². The molecule has 0 aromatic carbocycles. The summed E-state index contributed by atoms with van der Waals surface area (Å²) in [7, 11) is 0. The van der Waals surface area contributed by atoms with Crippen LogP contribution < -0.4 is 5.73 Å². The van der Waals surface area contributed by atoms with E-state index in [0.717, 1.165) is 12.2 Å². The minimum absolute atomic E-state index is 0.425. The molecule has 0 aliphatic carbocycles. The van der Waals surface area contributed by atoms with Crippen LogP contribution in [-0.2, 0) is 6.54 Å². The summed E-state index contributed by atoms with van der Waals surface area (Å²) in [4.78, 5) is 4.40. The molecule has 2 N–H and O–H groups in total. The van der Waals surface area contributed by atoms with E-state index in [1.54, 1.807) is 12.4 Å². The van der Waals surface area contributed by atoms with Gasteiger partial charge in [-0.3, -0.25) is 4.98 Å². The van der Waals surface area contributed by atoms with Crippen LogP contribution in [-0.4, -0.2) is 14.5 Å². The molecule has 0 saturated heterocycles. The molecule has 0 radical (unpaired) electrons. The molecule has 15 heavy (non-hydrogen) atoms. The highest BCUT2D eigenvalue weighted by molar-refractivity contribution is 7.80. The maximum Gasteiger partial charge on any atom is 0.120 e. The summed E-state index contributed by atoms with van der Waals surface area (Å²) in [5, 5.41) is 0. The summed E-state index contributed by atoms with van der Waals surface area (Å²) >= 11 is 4.96. The first-order valence-electron chi connectivity index (χ1n) is 4.61. The molecule has 2 rings (SSSR count). The normalized spacial score (nSPS) is 10.1. The van der Waals surface area contributed by atoms with Crippen LogP contribution in [0.3, 0.4) is 0 Å². The second kappa shape index (κ2) is 4.23. The molecule has 0 bridgehead atoms. The lowest BCUT2D eigenvalue weighted by Gasteiger charge is -2.07. The molecule has 0 fully saturated rings. The van der Waals surface area contributed by atoms with Crippen molar-refractivity contribution in [3.05, 3.63) is 54.1 Å². The van der Waals surface area contributed by atoms with Gasteiger partial charge >= 0.3 is 0 Å². The fourth-order valence-electron chi connectivity index (χ4n) is 1.46. The van der Waals surface area contributed by atoms with Crippen molar-refractivity contribution in [2.75, 3.05) is 0 Å². The van der Waals surface area contributed by atoms with Gasteiger partial charge in [-0.15, -0.1) is 0 Å². The van der Waals surface area contributed by atoms with Gasteiger partial charge in [-0.2, -0.15) is 0 Å². The Bertz CT molecular complexity index is 462. The van der Waals surface area contributed by atoms with Crippen LogP contribution >= 0.6 is 12.2 Å². The van der Waals surface area contributed by atoms with Crippen LogP contribution in [0.25, 0.3) is 0 Å². The molecule has 0 aliphatic heterocycles. The molecule has 0 unspecified atom stereocenters. The monoisotopic (exact) mass is 217 g/mol. The number of nitrogens with zero attached hydrogens (tertiary/aromatic N) is 2. The molecule has 4 heteroatoms. The van der Waals surface area contributed by atoms with E-state index in [-0.39, 0.29) is 0 Å². The summed E-state index contributed by atoms with van der Waals surface area (Å²) in [6.45, 7) is 0.766. The fraction of sp³-hybridized carbons (Fsp3) is 0.0909. The lowest BCUT2D eigenvalue weighted by molar-refractivity contribution is 0.797. The summed E-state index contributed by atoms with van der Waals surface area (Å²) in [6, 6.07) is 7.81. The predicted molar refractivity (Wildman–Crippen MR) is 63.7 cm³/mol. The first kappa shape index (κ1) is 9.86. The maximum atomic E-state index is 5.61. The lowest BCUT2D eigenvalue weighted by Crippen LogP contribution is -2.15. The number of thiocarbonyl (C=S) groups is 1. The van der Waals surface area contributed by atoms with Gasteiger partial charge in [0.05, 0.1) is 5.69 Å². The Kier molecular flexibility index (Phi) is 2.78. The average Bonchev–Trinajstić information content (AvgIpc) is 2.67. The van der Waals surface area contributed by atoms with Crippen molar-refractivity contribution in [1.29, 1.82) is 0 Å². The third-order valence-electron chi connectivity index (χ3n) is 2.18. The fourth-order valence-corrected chi connectivity index (χ4v) is 1.65. The van der Waals surface area contributed by atoms with Crippen molar-refractivity contribution in [1.82, 2.24) is 9.55 Å². The molecule has 0 amide bonds. The molecule has 0 atom stereocenters. The molecule has 2 heterocycles. The zero-order valence-corrected chi connectivity index (χ0v) is 8.95. The summed E-state index contributed by atoms with van der Waals surface area (Å²) < 4.78 is 2.03. The van der Waals surface area contributed by atoms with Crippen molar-refractivity contribution in [2.24, 2.45) is 5.73 Å². The van der Waals surface area contributed by atoms with E-state index >= 15 is 0 Å². The first-order valence-corrected chi connectivity index (χ1v) is 5.02. The summed E-state index contributed by atoms with van der Waals surface area (Å²) in [5.41, 5.74) is 7.68. The topological polar surface area (TPSA) is 43.8 Å². The number of rotatable bonds is 3. The maximum absolute atomic E-state index is 5.61. The number of pyridine rings is 1. The zero-order valence-electron chi connectivity index (χ0n) is 8.13. The SMILES string of the molecule is NC(=S)c1cccn1Cc1ccncc1. The predicted octanol–water partition coefficient (Wildman–Crippen LogP) is 1.57. The molecule has 0 spiro atoms.